The third kappa shape index (κ3) is 5.94. The van der Waals surface area contributed by atoms with Gasteiger partial charge in [0.05, 0.1) is 6.17 Å². The lowest BCUT2D eigenvalue weighted by Gasteiger charge is -2.18. The Bertz CT molecular complexity index is 414. The lowest BCUT2D eigenvalue weighted by molar-refractivity contribution is 0.101. The smallest absolute Gasteiger partial charge is 0.313 e. The quantitative estimate of drug-likeness (QED) is 0.437. The van der Waals surface area contributed by atoms with E-state index in [2.05, 4.69) is 10.6 Å². The Morgan fingerprint density at radius 3 is 2.79 bits per heavy atom. The zero-order valence-corrected chi connectivity index (χ0v) is 10.7. The molecule has 19 heavy (non-hydrogen) atoms. The molecule has 0 saturated carbocycles. The summed E-state index contributed by atoms with van der Waals surface area (Å²) in [6.45, 7) is 1.93. The molecule has 0 aliphatic heterocycles. The van der Waals surface area contributed by atoms with Crippen LogP contribution in [-0.2, 0) is 0 Å². The van der Waals surface area contributed by atoms with Crippen molar-refractivity contribution in [1.82, 2.24) is 10.6 Å². The van der Waals surface area contributed by atoms with Gasteiger partial charge in [0.15, 0.2) is 11.5 Å². The number of nitrogens with one attached hydrogen (secondary N) is 2. The van der Waals surface area contributed by atoms with Gasteiger partial charge in [-0.3, -0.25) is 5.32 Å². The van der Waals surface area contributed by atoms with Gasteiger partial charge in [-0.1, -0.05) is 12.1 Å². The van der Waals surface area contributed by atoms with E-state index in [-0.39, 0.29) is 25.1 Å². The van der Waals surface area contributed by atoms with Crippen LogP contribution in [0.15, 0.2) is 24.3 Å². The topological polar surface area (TPSA) is 117 Å². The van der Waals surface area contributed by atoms with Crippen molar-refractivity contribution in [2.24, 2.45) is 5.73 Å². The summed E-state index contributed by atoms with van der Waals surface area (Å²) in [7, 11) is 0. The molecule has 0 saturated heterocycles. The number of rotatable bonds is 7. The SMILES string of the molecule is CC(NCC(O)COc1ccccc1O)NC(N)=O. The molecule has 0 aliphatic rings. The lowest BCUT2D eigenvalue weighted by Crippen LogP contribution is -2.48. The summed E-state index contributed by atoms with van der Waals surface area (Å²) in [5.41, 5.74) is 4.95. The van der Waals surface area contributed by atoms with Crippen molar-refractivity contribution in [2.45, 2.75) is 19.2 Å². The first kappa shape index (κ1) is 15.1. The number of hydrogen-bond acceptors (Lipinski definition) is 5. The highest BCUT2D eigenvalue weighted by molar-refractivity contribution is 5.71. The number of carbonyl (C=O) groups excluding carboxylic acids is 1. The highest BCUT2D eigenvalue weighted by Crippen LogP contribution is 2.24. The Labute approximate surface area is 111 Å². The number of ether oxygens (including phenoxy) is 1. The maximum Gasteiger partial charge on any atom is 0.313 e. The van der Waals surface area contributed by atoms with Gasteiger partial charge in [0, 0.05) is 6.54 Å². The average molecular weight is 269 g/mol. The van der Waals surface area contributed by atoms with Gasteiger partial charge in [-0.15, -0.1) is 0 Å². The molecule has 0 radical (unpaired) electrons. The first-order valence-electron chi connectivity index (χ1n) is 5.87. The van der Waals surface area contributed by atoms with Gasteiger partial charge >= 0.3 is 6.03 Å². The molecule has 0 aromatic heterocycles. The number of primary amides is 1. The molecule has 1 aromatic rings. The highest BCUT2D eigenvalue weighted by atomic mass is 16.5. The molecule has 2 atom stereocenters. The largest absolute Gasteiger partial charge is 0.504 e. The van der Waals surface area contributed by atoms with Crippen LogP contribution in [0.1, 0.15) is 6.92 Å². The minimum Gasteiger partial charge on any atom is -0.504 e. The number of benzene rings is 1. The Balaban J connectivity index is 2.26. The molecule has 0 fully saturated rings. The number of carbonyl (C=O) groups is 1. The molecule has 0 bridgehead atoms. The van der Waals surface area contributed by atoms with Gasteiger partial charge in [0.1, 0.15) is 12.7 Å². The number of amides is 2. The maximum atomic E-state index is 10.6. The van der Waals surface area contributed by atoms with Crippen molar-refractivity contribution in [2.75, 3.05) is 13.2 Å². The van der Waals surface area contributed by atoms with Crippen molar-refractivity contribution in [3.05, 3.63) is 24.3 Å². The molecular weight excluding hydrogens is 250 g/mol. The fourth-order valence-corrected chi connectivity index (χ4v) is 1.40. The molecule has 1 rings (SSSR count). The van der Waals surface area contributed by atoms with Crippen LogP contribution >= 0.6 is 0 Å². The minimum atomic E-state index is -0.781. The summed E-state index contributed by atoms with van der Waals surface area (Å²) >= 11 is 0. The van der Waals surface area contributed by atoms with E-state index in [4.69, 9.17) is 10.5 Å². The maximum absolute atomic E-state index is 10.6. The van der Waals surface area contributed by atoms with E-state index in [1.807, 2.05) is 0 Å². The molecule has 0 heterocycles. The van der Waals surface area contributed by atoms with Gasteiger partial charge in [-0.05, 0) is 19.1 Å². The third-order valence-electron chi connectivity index (χ3n) is 2.31. The third-order valence-corrected chi connectivity index (χ3v) is 2.31. The molecule has 0 spiro atoms. The number of urea groups is 1. The summed E-state index contributed by atoms with van der Waals surface area (Å²) in [5.74, 6) is 0.330. The van der Waals surface area contributed by atoms with Gasteiger partial charge in [-0.2, -0.15) is 0 Å². The van der Waals surface area contributed by atoms with Crippen LogP contribution < -0.4 is 21.1 Å². The molecule has 106 valence electrons. The number of phenolic OH excluding ortho intramolecular Hbond substituents is 1. The van der Waals surface area contributed by atoms with Crippen molar-refractivity contribution < 1.29 is 19.7 Å². The number of aliphatic hydroxyl groups excluding tert-OH is 1. The first-order chi connectivity index (χ1) is 8.99. The molecule has 7 heteroatoms. The van der Waals surface area contributed by atoms with E-state index >= 15 is 0 Å². The van der Waals surface area contributed by atoms with Gasteiger partial charge in [0.2, 0.25) is 0 Å². The van der Waals surface area contributed by atoms with Crippen LogP contribution in [0.5, 0.6) is 11.5 Å². The zero-order valence-electron chi connectivity index (χ0n) is 10.7. The molecule has 7 nitrogen and oxygen atoms in total. The van der Waals surface area contributed by atoms with E-state index in [0.29, 0.717) is 5.75 Å². The van der Waals surface area contributed by atoms with Crippen molar-refractivity contribution in [3.63, 3.8) is 0 Å². The number of aliphatic hydroxyl groups is 1. The van der Waals surface area contributed by atoms with Crippen LogP contribution in [0.25, 0.3) is 0 Å². The number of phenols is 1. The second-order valence-corrected chi connectivity index (χ2v) is 4.07. The number of nitrogens with two attached hydrogens (primary N) is 1. The number of aromatic hydroxyl groups is 1. The summed E-state index contributed by atoms with van der Waals surface area (Å²) in [5, 5.41) is 24.4. The Hall–Kier alpha value is -1.99. The standard InChI is InChI=1S/C12H19N3O4/c1-8(15-12(13)18)14-6-9(16)7-19-11-5-3-2-4-10(11)17/h2-5,8-9,14,16-17H,6-7H2,1H3,(H3,13,15,18). The van der Waals surface area contributed by atoms with E-state index in [1.54, 1.807) is 25.1 Å². The lowest BCUT2D eigenvalue weighted by atomic mass is 10.3. The average Bonchev–Trinajstić information content (AvgIpc) is 2.34. The Kier molecular flexibility index (Phi) is 5.91. The highest BCUT2D eigenvalue weighted by Gasteiger charge is 2.09. The van der Waals surface area contributed by atoms with Gasteiger partial charge < -0.3 is 26.0 Å². The normalized spacial score (nSPS) is 13.6. The van der Waals surface area contributed by atoms with E-state index in [9.17, 15) is 15.0 Å². The molecule has 2 unspecified atom stereocenters. The zero-order chi connectivity index (χ0) is 14.3. The fourth-order valence-electron chi connectivity index (χ4n) is 1.40. The predicted octanol–water partition coefficient (Wildman–Crippen LogP) is -0.264. The Morgan fingerprint density at radius 2 is 2.16 bits per heavy atom. The summed E-state index contributed by atoms with van der Waals surface area (Å²) in [6, 6.07) is 5.86. The number of para-hydroxylation sites is 2. The van der Waals surface area contributed by atoms with Crippen LogP contribution in [0.2, 0.25) is 0 Å². The summed E-state index contributed by atoms with van der Waals surface area (Å²) in [4.78, 5) is 10.6. The second-order valence-electron chi connectivity index (χ2n) is 4.07. The monoisotopic (exact) mass is 269 g/mol. The van der Waals surface area contributed by atoms with Gasteiger partial charge in [0.25, 0.3) is 0 Å². The van der Waals surface area contributed by atoms with Crippen LogP contribution in [0, 0.1) is 0 Å². The van der Waals surface area contributed by atoms with Crippen molar-refractivity contribution >= 4 is 6.03 Å². The van der Waals surface area contributed by atoms with Crippen LogP contribution in [0.4, 0.5) is 4.79 Å². The fraction of sp³-hybridized carbons (Fsp3) is 0.417. The molecule has 0 aliphatic carbocycles. The van der Waals surface area contributed by atoms with E-state index < -0.39 is 12.1 Å². The molecule has 1 aromatic carbocycles. The van der Waals surface area contributed by atoms with E-state index in [0.717, 1.165) is 0 Å². The predicted molar refractivity (Wildman–Crippen MR) is 69.8 cm³/mol. The van der Waals surface area contributed by atoms with Crippen molar-refractivity contribution in [3.8, 4) is 11.5 Å². The Morgan fingerprint density at radius 1 is 1.47 bits per heavy atom. The molecule has 6 N–H and O–H groups in total. The molecule has 2 amide bonds. The van der Waals surface area contributed by atoms with Crippen LogP contribution in [-0.4, -0.2) is 41.7 Å². The summed E-state index contributed by atoms with van der Waals surface area (Å²) in [6.07, 6.45) is -1.13. The molecular formula is C12H19N3O4. The number of hydrogen-bond donors (Lipinski definition) is 5. The second kappa shape index (κ2) is 7.45. The van der Waals surface area contributed by atoms with Gasteiger partial charge in [-0.25, -0.2) is 4.79 Å². The first-order valence-corrected chi connectivity index (χ1v) is 5.87. The summed E-state index contributed by atoms with van der Waals surface area (Å²) < 4.78 is 5.26. The van der Waals surface area contributed by atoms with Crippen molar-refractivity contribution in [1.29, 1.82) is 0 Å². The minimum absolute atomic E-state index is 0.0198. The van der Waals surface area contributed by atoms with Crippen LogP contribution in [0.3, 0.4) is 0 Å². The van der Waals surface area contributed by atoms with E-state index in [1.165, 1.54) is 6.07 Å².